The van der Waals surface area contributed by atoms with Gasteiger partial charge in [-0.05, 0) is 36.4 Å². The fraction of sp³-hybridized carbons (Fsp3) is 0. The minimum absolute atomic E-state index is 0.00859. The summed E-state index contributed by atoms with van der Waals surface area (Å²) in [6.45, 7) is 0. The number of hydrogen-bond acceptors (Lipinski definition) is 5. The van der Waals surface area contributed by atoms with Gasteiger partial charge in [-0.15, -0.1) is 0 Å². The zero-order chi connectivity index (χ0) is 19.2. The molecule has 3 N–H and O–H groups in total. The van der Waals surface area contributed by atoms with E-state index in [4.69, 9.17) is 28.3 Å². The van der Waals surface area contributed by atoms with Gasteiger partial charge < -0.3 is 0 Å². The van der Waals surface area contributed by atoms with Crippen molar-refractivity contribution >= 4 is 50.9 Å². The number of amides is 3. The highest BCUT2D eigenvalue weighted by atomic mass is 35.5. The molecule has 0 bridgehead atoms. The van der Waals surface area contributed by atoms with Gasteiger partial charge in [0.05, 0.1) is 26.1 Å². The third-order valence-electron chi connectivity index (χ3n) is 3.59. The summed E-state index contributed by atoms with van der Waals surface area (Å²) in [5, 5.41) is 5.70. The molecular weight excluding hydrogens is 405 g/mol. The summed E-state index contributed by atoms with van der Waals surface area (Å²) in [5.74, 6) is -2.33. The van der Waals surface area contributed by atoms with Gasteiger partial charge in [-0.2, -0.15) is 5.01 Å². The highest BCUT2D eigenvalue weighted by Crippen LogP contribution is 2.30. The third kappa shape index (κ3) is 3.17. The minimum Gasteiger partial charge on any atom is -0.267 e. The SMILES string of the molecule is NS(=O)(=O)c1ccc(C(=O)NN2C(=O)c3cc(Cl)c(Cl)cc3C2=O)cc1. The average Bonchev–Trinajstić information content (AvgIpc) is 2.79. The largest absolute Gasteiger partial charge is 0.280 e. The van der Waals surface area contributed by atoms with Crippen molar-refractivity contribution in [3.8, 4) is 0 Å². The maximum Gasteiger partial charge on any atom is 0.280 e. The molecule has 0 aromatic heterocycles. The van der Waals surface area contributed by atoms with E-state index in [0.717, 1.165) is 12.1 Å². The lowest BCUT2D eigenvalue weighted by Crippen LogP contribution is -2.45. The molecule has 134 valence electrons. The molecule has 0 unspecified atom stereocenters. The lowest BCUT2D eigenvalue weighted by molar-refractivity contribution is 0.0518. The van der Waals surface area contributed by atoms with E-state index in [0.29, 0.717) is 5.01 Å². The molecule has 11 heteroatoms. The first-order chi connectivity index (χ1) is 12.1. The topological polar surface area (TPSA) is 127 Å². The number of carbonyl (C=O) groups is 3. The van der Waals surface area contributed by atoms with Crippen LogP contribution in [0.1, 0.15) is 31.1 Å². The Morgan fingerprint density at radius 3 is 1.85 bits per heavy atom. The van der Waals surface area contributed by atoms with Crippen LogP contribution in [0.2, 0.25) is 10.0 Å². The number of halogens is 2. The molecular formula is C15H9Cl2N3O5S. The van der Waals surface area contributed by atoms with Crippen molar-refractivity contribution < 1.29 is 22.8 Å². The van der Waals surface area contributed by atoms with Gasteiger partial charge in [0.1, 0.15) is 0 Å². The number of rotatable bonds is 3. The van der Waals surface area contributed by atoms with Gasteiger partial charge >= 0.3 is 0 Å². The van der Waals surface area contributed by atoms with Gasteiger partial charge in [-0.1, -0.05) is 23.2 Å². The Morgan fingerprint density at radius 2 is 1.42 bits per heavy atom. The molecule has 0 radical (unpaired) electrons. The van der Waals surface area contributed by atoms with E-state index in [1.165, 1.54) is 24.3 Å². The van der Waals surface area contributed by atoms with Gasteiger partial charge in [0.2, 0.25) is 10.0 Å². The van der Waals surface area contributed by atoms with Crippen molar-refractivity contribution in [1.82, 2.24) is 10.4 Å². The van der Waals surface area contributed by atoms with Gasteiger partial charge in [0, 0.05) is 5.56 Å². The molecule has 0 atom stereocenters. The maximum atomic E-state index is 12.3. The first kappa shape index (κ1) is 18.3. The Balaban J connectivity index is 1.84. The smallest absolute Gasteiger partial charge is 0.267 e. The molecule has 0 fully saturated rings. The lowest BCUT2D eigenvalue weighted by atomic mass is 10.1. The molecule has 26 heavy (non-hydrogen) atoms. The number of fused-ring (bicyclic) bond motifs is 1. The zero-order valence-corrected chi connectivity index (χ0v) is 15.0. The standard InChI is InChI=1S/C15H9Cl2N3O5S/c16-11-5-9-10(6-12(11)17)15(23)20(14(9)22)19-13(21)7-1-3-8(4-2-7)26(18,24)25/h1-6H,(H,19,21)(H2,18,24,25). The van der Waals surface area contributed by atoms with Crippen LogP contribution in [0.25, 0.3) is 0 Å². The van der Waals surface area contributed by atoms with E-state index < -0.39 is 27.7 Å². The number of nitrogens with two attached hydrogens (primary N) is 1. The highest BCUT2D eigenvalue weighted by molar-refractivity contribution is 7.89. The molecule has 0 aliphatic carbocycles. The lowest BCUT2D eigenvalue weighted by Gasteiger charge is -2.15. The Bertz CT molecular complexity index is 1030. The molecule has 8 nitrogen and oxygen atoms in total. The van der Waals surface area contributed by atoms with E-state index in [2.05, 4.69) is 5.43 Å². The molecule has 1 aliphatic rings. The summed E-state index contributed by atoms with van der Waals surface area (Å²) in [6, 6.07) is 7.14. The Labute approximate surface area is 157 Å². The van der Waals surface area contributed by atoms with Gasteiger partial charge in [0.15, 0.2) is 0 Å². The predicted molar refractivity (Wildman–Crippen MR) is 92.2 cm³/mol. The average molecular weight is 414 g/mol. The maximum absolute atomic E-state index is 12.3. The molecule has 2 aromatic carbocycles. The number of nitrogens with zero attached hydrogens (tertiary/aromatic N) is 1. The Hall–Kier alpha value is -2.46. The molecule has 1 heterocycles. The Kier molecular flexibility index (Phi) is 4.49. The minimum atomic E-state index is -3.91. The second kappa shape index (κ2) is 6.36. The van der Waals surface area contributed by atoms with E-state index in [-0.39, 0.29) is 31.6 Å². The number of sulfonamides is 1. The van der Waals surface area contributed by atoms with Crippen LogP contribution in [0.3, 0.4) is 0 Å². The van der Waals surface area contributed by atoms with Crippen LogP contribution in [0, 0.1) is 0 Å². The van der Waals surface area contributed by atoms with E-state index in [1.807, 2.05) is 0 Å². The second-order valence-electron chi connectivity index (χ2n) is 5.27. The third-order valence-corrected chi connectivity index (χ3v) is 5.24. The number of carbonyl (C=O) groups excluding carboxylic acids is 3. The first-order valence-electron chi connectivity index (χ1n) is 6.91. The van der Waals surface area contributed by atoms with Crippen LogP contribution in [0.15, 0.2) is 41.3 Å². The van der Waals surface area contributed by atoms with Crippen LogP contribution in [0.5, 0.6) is 0 Å². The number of nitrogens with one attached hydrogen (secondary N) is 1. The monoisotopic (exact) mass is 413 g/mol. The van der Waals surface area contributed by atoms with Crippen molar-refractivity contribution in [2.24, 2.45) is 5.14 Å². The number of hydrogen-bond donors (Lipinski definition) is 2. The summed E-state index contributed by atoms with van der Waals surface area (Å²) in [6.07, 6.45) is 0. The van der Waals surface area contributed by atoms with E-state index in [9.17, 15) is 22.8 Å². The zero-order valence-electron chi connectivity index (χ0n) is 12.7. The van der Waals surface area contributed by atoms with Crippen LogP contribution >= 0.6 is 23.2 Å². The number of benzene rings is 2. The fourth-order valence-corrected chi connectivity index (χ4v) is 3.14. The van der Waals surface area contributed by atoms with E-state index >= 15 is 0 Å². The van der Waals surface area contributed by atoms with E-state index in [1.54, 1.807) is 0 Å². The van der Waals surface area contributed by atoms with Crippen LogP contribution < -0.4 is 10.6 Å². The number of imide groups is 1. The highest BCUT2D eigenvalue weighted by Gasteiger charge is 2.37. The fourth-order valence-electron chi connectivity index (χ4n) is 2.30. The molecule has 2 aromatic rings. The molecule has 0 spiro atoms. The van der Waals surface area contributed by atoms with Gasteiger partial charge in [0.25, 0.3) is 17.7 Å². The van der Waals surface area contributed by atoms with Crippen LogP contribution in [0.4, 0.5) is 0 Å². The van der Waals surface area contributed by atoms with Gasteiger partial charge in [-0.3, -0.25) is 19.8 Å². The summed E-state index contributed by atoms with van der Waals surface area (Å²) in [4.78, 5) is 36.7. The van der Waals surface area contributed by atoms with Gasteiger partial charge in [-0.25, -0.2) is 13.6 Å². The van der Waals surface area contributed by atoms with Crippen molar-refractivity contribution in [2.75, 3.05) is 0 Å². The molecule has 3 amide bonds. The summed E-state index contributed by atoms with van der Waals surface area (Å²) >= 11 is 11.7. The quantitative estimate of drug-likeness (QED) is 0.738. The first-order valence-corrected chi connectivity index (χ1v) is 9.21. The molecule has 0 saturated heterocycles. The van der Waals surface area contributed by atoms with Crippen molar-refractivity contribution in [3.63, 3.8) is 0 Å². The normalized spacial score (nSPS) is 13.7. The summed E-state index contributed by atoms with van der Waals surface area (Å²) in [5.41, 5.74) is 2.20. The molecule has 1 aliphatic heterocycles. The summed E-state index contributed by atoms with van der Waals surface area (Å²) < 4.78 is 22.4. The molecule has 0 saturated carbocycles. The van der Waals surface area contributed by atoms with Crippen molar-refractivity contribution in [3.05, 3.63) is 63.1 Å². The van der Waals surface area contributed by atoms with Crippen molar-refractivity contribution in [2.45, 2.75) is 4.90 Å². The number of hydrazine groups is 1. The second-order valence-corrected chi connectivity index (χ2v) is 7.64. The van der Waals surface area contributed by atoms with Crippen LogP contribution in [-0.4, -0.2) is 31.1 Å². The van der Waals surface area contributed by atoms with Crippen molar-refractivity contribution in [1.29, 1.82) is 0 Å². The predicted octanol–water partition coefficient (Wildman–Crippen LogP) is 1.58. The Morgan fingerprint density at radius 1 is 0.962 bits per heavy atom. The molecule has 3 rings (SSSR count). The summed E-state index contributed by atoms with van der Waals surface area (Å²) in [7, 11) is -3.91. The number of primary sulfonamides is 1. The van der Waals surface area contributed by atoms with Crippen LogP contribution in [-0.2, 0) is 10.0 Å².